The lowest BCUT2D eigenvalue weighted by Crippen LogP contribution is -2.56. The lowest BCUT2D eigenvalue weighted by atomic mass is 9.92. The van der Waals surface area contributed by atoms with Crippen LogP contribution in [0.1, 0.15) is 84.1 Å². The van der Waals surface area contributed by atoms with Crippen molar-refractivity contribution in [3.63, 3.8) is 0 Å². The van der Waals surface area contributed by atoms with E-state index in [2.05, 4.69) is 55.1 Å². The van der Waals surface area contributed by atoms with Crippen molar-refractivity contribution in [1.82, 2.24) is 19.8 Å². The number of aromatic nitrogens is 2. The lowest BCUT2D eigenvalue weighted by Gasteiger charge is -2.40. The van der Waals surface area contributed by atoms with Crippen LogP contribution in [0.3, 0.4) is 0 Å². The van der Waals surface area contributed by atoms with Gasteiger partial charge < -0.3 is 24.6 Å². The minimum Gasteiger partial charge on any atom is -0.460 e. The highest BCUT2D eigenvalue weighted by Gasteiger charge is 2.34. The molecule has 0 aliphatic carbocycles. The summed E-state index contributed by atoms with van der Waals surface area (Å²) in [5.41, 5.74) is 4.12. The van der Waals surface area contributed by atoms with Crippen LogP contribution < -0.4 is 5.32 Å². The van der Waals surface area contributed by atoms with Crippen molar-refractivity contribution in [2.24, 2.45) is 0 Å². The number of ether oxygens (including phenoxy) is 2. The van der Waals surface area contributed by atoms with Gasteiger partial charge in [0.25, 0.3) is 5.91 Å². The Hall–Kier alpha value is -4.31. The molecule has 1 aromatic heterocycles. The summed E-state index contributed by atoms with van der Waals surface area (Å²) in [6.07, 6.45) is 0. The zero-order chi connectivity index (χ0) is 32.0. The van der Waals surface area contributed by atoms with Crippen LogP contribution in [0.2, 0.25) is 0 Å². The molecule has 44 heavy (non-hydrogen) atoms. The van der Waals surface area contributed by atoms with Crippen molar-refractivity contribution < 1.29 is 23.9 Å². The monoisotopic (exact) mass is 601 g/mol. The maximum absolute atomic E-state index is 14.0. The second kappa shape index (κ2) is 14.4. The molecule has 0 radical (unpaired) electrons. The van der Waals surface area contributed by atoms with E-state index in [1.54, 1.807) is 16.7 Å². The highest BCUT2D eigenvalue weighted by atomic mass is 16.6. The van der Waals surface area contributed by atoms with Crippen molar-refractivity contribution in [2.75, 3.05) is 45.3 Å². The van der Waals surface area contributed by atoms with Crippen molar-refractivity contribution in [1.29, 1.82) is 0 Å². The molecule has 1 atom stereocenters. The van der Waals surface area contributed by atoms with Crippen LogP contribution in [0.25, 0.3) is 11.4 Å². The third-order valence-corrected chi connectivity index (χ3v) is 7.83. The Kier molecular flexibility index (Phi) is 10.7. The summed E-state index contributed by atoms with van der Waals surface area (Å²) in [7, 11) is 1.51. The fraction of sp³-hybridized carbons (Fsp3) is 0.441. The molecule has 1 unspecified atom stereocenters. The number of para-hydroxylation sites is 1. The zero-order valence-corrected chi connectivity index (χ0v) is 26.7. The molecule has 1 aliphatic rings. The molecular weight excluding hydrogens is 558 g/mol. The number of aryl methyl sites for hydroxylation is 1. The number of esters is 1. The van der Waals surface area contributed by atoms with Crippen molar-refractivity contribution >= 4 is 23.6 Å². The quantitative estimate of drug-likeness (QED) is 0.241. The minimum absolute atomic E-state index is 0.0173. The molecule has 3 amide bonds. The first-order valence-corrected chi connectivity index (χ1v) is 15.1. The van der Waals surface area contributed by atoms with Crippen LogP contribution in [0.5, 0.6) is 0 Å². The topological polar surface area (TPSA) is 114 Å². The molecule has 0 spiro atoms. The SMILES string of the molecule is COCCOC(=O)c1c(C)nc(-c2ccccc2)nc1C(=O)N1CCN(C(=O)Nc2c(C(C)C)cccc2C(C)C)C(C)C1. The third kappa shape index (κ3) is 7.24. The van der Waals surface area contributed by atoms with E-state index in [0.717, 1.165) is 22.4 Å². The fourth-order valence-corrected chi connectivity index (χ4v) is 5.45. The molecule has 2 heterocycles. The van der Waals surface area contributed by atoms with Gasteiger partial charge in [-0.1, -0.05) is 76.2 Å². The minimum atomic E-state index is -0.682. The van der Waals surface area contributed by atoms with E-state index >= 15 is 0 Å². The Bertz CT molecular complexity index is 1460. The number of carbonyl (C=O) groups excluding carboxylic acids is 3. The number of piperazine rings is 1. The second-order valence-corrected chi connectivity index (χ2v) is 11.7. The van der Waals surface area contributed by atoms with E-state index in [-0.39, 0.29) is 61.5 Å². The normalized spacial score (nSPS) is 15.1. The van der Waals surface area contributed by atoms with Gasteiger partial charge in [-0.2, -0.15) is 0 Å². The number of hydrogen-bond donors (Lipinski definition) is 1. The van der Waals surface area contributed by atoms with Gasteiger partial charge in [-0.05, 0) is 36.8 Å². The summed E-state index contributed by atoms with van der Waals surface area (Å²) in [4.78, 5) is 53.3. The van der Waals surface area contributed by atoms with Crippen LogP contribution in [-0.4, -0.2) is 83.7 Å². The Balaban J connectivity index is 1.58. The van der Waals surface area contributed by atoms with Gasteiger partial charge in [0.1, 0.15) is 17.9 Å². The highest BCUT2D eigenvalue weighted by molar-refractivity contribution is 6.05. The zero-order valence-electron chi connectivity index (χ0n) is 26.7. The number of carbonyl (C=O) groups is 3. The Morgan fingerprint density at radius 2 is 1.59 bits per heavy atom. The molecule has 4 rings (SSSR count). The van der Waals surface area contributed by atoms with E-state index in [4.69, 9.17) is 9.47 Å². The smallest absolute Gasteiger partial charge is 0.342 e. The van der Waals surface area contributed by atoms with Gasteiger partial charge in [-0.15, -0.1) is 0 Å². The second-order valence-electron chi connectivity index (χ2n) is 11.7. The standard InChI is InChI=1S/C34H43N5O5/c1-21(2)26-14-11-15-27(22(3)4)29(26)37-34(42)39-17-16-38(20-23(39)5)32(40)30-28(33(41)44-19-18-43-7)24(6)35-31(36-30)25-12-9-8-10-13-25/h8-15,21-23H,16-20H2,1-7H3,(H,37,42). The van der Waals surface area contributed by atoms with E-state index in [9.17, 15) is 14.4 Å². The molecule has 0 bridgehead atoms. The Labute approximate surface area is 259 Å². The fourth-order valence-electron chi connectivity index (χ4n) is 5.45. The van der Waals surface area contributed by atoms with Crippen LogP contribution in [0.15, 0.2) is 48.5 Å². The molecule has 234 valence electrons. The average Bonchev–Trinajstić information content (AvgIpc) is 3.00. The number of methoxy groups -OCH3 is 1. The molecule has 1 saturated heterocycles. The van der Waals surface area contributed by atoms with Crippen molar-refractivity contribution in [3.05, 3.63) is 76.6 Å². The van der Waals surface area contributed by atoms with Gasteiger partial charge in [0.2, 0.25) is 0 Å². The van der Waals surface area contributed by atoms with E-state index in [0.29, 0.717) is 18.1 Å². The number of urea groups is 1. The van der Waals surface area contributed by atoms with Crippen molar-refractivity contribution in [3.8, 4) is 11.4 Å². The van der Waals surface area contributed by atoms with Gasteiger partial charge in [-0.25, -0.2) is 19.6 Å². The number of hydrogen-bond acceptors (Lipinski definition) is 7. The summed E-state index contributed by atoms with van der Waals surface area (Å²) < 4.78 is 10.4. The third-order valence-electron chi connectivity index (χ3n) is 7.83. The highest BCUT2D eigenvalue weighted by Crippen LogP contribution is 2.33. The average molecular weight is 602 g/mol. The molecule has 0 saturated carbocycles. The van der Waals surface area contributed by atoms with Gasteiger partial charge in [0, 0.05) is 44.0 Å². The number of benzene rings is 2. The van der Waals surface area contributed by atoms with Gasteiger partial charge in [0.05, 0.1) is 12.3 Å². The van der Waals surface area contributed by atoms with E-state index in [1.807, 2.05) is 43.3 Å². The Morgan fingerprint density at radius 1 is 0.932 bits per heavy atom. The number of amides is 3. The van der Waals surface area contributed by atoms with Crippen LogP contribution in [0, 0.1) is 6.92 Å². The van der Waals surface area contributed by atoms with Crippen LogP contribution >= 0.6 is 0 Å². The first-order chi connectivity index (χ1) is 21.0. The Morgan fingerprint density at radius 3 is 2.18 bits per heavy atom. The number of anilines is 1. The summed E-state index contributed by atoms with van der Waals surface area (Å²) in [5.74, 6) is -0.272. The predicted molar refractivity (Wildman–Crippen MR) is 170 cm³/mol. The summed E-state index contributed by atoms with van der Waals surface area (Å²) in [5, 5.41) is 3.19. The lowest BCUT2D eigenvalue weighted by molar-refractivity contribution is 0.0378. The molecule has 1 N–H and O–H groups in total. The van der Waals surface area contributed by atoms with E-state index < -0.39 is 11.9 Å². The van der Waals surface area contributed by atoms with E-state index in [1.165, 1.54) is 7.11 Å². The molecule has 10 heteroatoms. The summed E-state index contributed by atoms with van der Waals surface area (Å²) >= 11 is 0. The molecule has 10 nitrogen and oxygen atoms in total. The predicted octanol–water partition coefficient (Wildman–Crippen LogP) is 5.88. The number of nitrogens with one attached hydrogen (secondary N) is 1. The molecule has 2 aromatic carbocycles. The van der Waals surface area contributed by atoms with Gasteiger partial charge in [-0.3, -0.25) is 4.79 Å². The molecule has 1 fully saturated rings. The largest absolute Gasteiger partial charge is 0.460 e. The van der Waals surface area contributed by atoms with Crippen LogP contribution in [0.4, 0.5) is 10.5 Å². The van der Waals surface area contributed by atoms with Gasteiger partial charge >= 0.3 is 12.0 Å². The van der Waals surface area contributed by atoms with Crippen LogP contribution in [-0.2, 0) is 9.47 Å². The number of nitrogens with zero attached hydrogens (tertiary/aromatic N) is 4. The number of rotatable bonds is 9. The molecular formula is C34H43N5O5. The molecule has 3 aromatic rings. The van der Waals surface area contributed by atoms with Crippen molar-refractivity contribution in [2.45, 2.75) is 59.4 Å². The summed E-state index contributed by atoms with van der Waals surface area (Å²) in [6, 6.07) is 15.0. The first-order valence-electron chi connectivity index (χ1n) is 15.1. The van der Waals surface area contributed by atoms with Gasteiger partial charge in [0.15, 0.2) is 5.82 Å². The maximum Gasteiger partial charge on any atom is 0.342 e. The first kappa shape index (κ1) is 32.6. The molecule has 1 aliphatic heterocycles. The summed E-state index contributed by atoms with van der Waals surface area (Å²) in [6.45, 7) is 13.2. The maximum atomic E-state index is 14.0.